The molecule has 0 radical (unpaired) electrons. The topological polar surface area (TPSA) is 78.4 Å². The summed E-state index contributed by atoms with van der Waals surface area (Å²) in [6.07, 6.45) is 3.96. The number of rotatable bonds is 12. The van der Waals surface area contributed by atoms with E-state index in [2.05, 4.69) is 17.1 Å². The van der Waals surface area contributed by atoms with Gasteiger partial charge in [0.15, 0.2) is 23.0 Å². The highest BCUT2D eigenvalue weighted by Crippen LogP contribution is 2.36. The summed E-state index contributed by atoms with van der Waals surface area (Å²) in [5.41, 5.74) is 3.51. The van der Waals surface area contributed by atoms with Crippen LogP contribution in [0.25, 0.3) is 0 Å². The summed E-state index contributed by atoms with van der Waals surface area (Å²) in [5.74, 6) is 1.59. The van der Waals surface area contributed by atoms with Crippen molar-refractivity contribution in [2.24, 2.45) is 5.10 Å². The van der Waals surface area contributed by atoms with E-state index in [1.165, 1.54) is 13.3 Å². The third kappa shape index (κ3) is 6.93. The summed E-state index contributed by atoms with van der Waals surface area (Å²) in [6.45, 7) is 8.81. The number of benzene rings is 2. The first-order chi connectivity index (χ1) is 15.0. The van der Waals surface area contributed by atoms with Crippen LogP contribution in [-0.2, 0) is 0 Å². The third-order valence-corrected chi connectivity index (χ3v) is 4.23. The van der Waals surface area contributed by atoms with Gasteiger partial charge in [-0.3, -0.25) is 4.79 Å². The number of hydrogen-bond acceptors (Lipinski definition) is 6. The molecule has 0 saturated carbocycles. The van der Waals surface area contributed by atoms with Crippen LogP contribution in [0.5, 0.6) is 23.0 Å². The molecule has 8 heteroatoms. The van der Waals surface area contributed by atoms with Gasteiger partial charge in [-0.05, 0) is 49.2 Å². The molecule has 0 aliphatic carbocycles. The van der Waals surface area contributed by atoms with Crippen molar-refractivity contribution in [2.75, 3.05) is 26.9 Å². The summed E-state index contributed by atoms with van der Waals surface area (Å²) in [4.78, 5) is 12.4. The van der Waals surface area contributed by atoms with Crippen molar-refractivity contribution in [3.63, 3.8) is 0 Å². The second-order valence-electron chi connectivity index (χ2n) is 6.28. The minimum absolute atomic E-state index is 0.301. The number of methoxy groups -OCH3 is 1. The van der Waals surface area contributed by atoms with Crippen molar-refractivity contribution in [1.29, 1.82) is 0 Å². The highest BCUT2D eigenvalue weighted by molar-refractivity contribution is 6.32. The lowest BCUT2D eigenvalue weighted by Gasteiger charge is -2.13. The van der Waals surface area contributed by atoms with E-state index in [-0.39, 0.29) is 0 Å². The quantitative estimate of drug-likeness (QED) is 0.286. The fourth-order valence-electron chi connectivity index (χ4n) is 2.58. The number of hydrazone groups is 1. The molecule has 2 rings (SSSR count). The average molecular weight is 447 g/mol. The molecular formula is C23H27ClN2O5. The molecule has 2 aromatic rings. The predicted molar refractivity (Wildman–Crippen MR) is 122 cm³/mol. The lowest BCUT2D eigenvalue weighted by molar-refractivity contribution is 0.0954. The van der Waals surface area contributed by atoms with E-state index in [0.717, 1.165) is 6.42 Å². The molecule has 1 amide bonds. The molecular weight excluding hydrogens is 420 g/mol. The molecule has 0 aliphatic rings. The van der Waals surface area contributed by atoms with Crippen molar-refractivity contribution >= 4 is 23.7 Å². The number of carbonyl (C=O) groups excluding carboxylic acids is 1. The molecule has 0 fully saturated rings. The van der Waals surface area contributed by atoms with Gasteiger partial charge < -0.3 is 18.9 Å². The monoisotopic (exact) mass is 446 g/mol. The van der Waals surface area contributed by atoms with Crippen molar-refractivity contribution in [3.05, 3.63) is 59.1 Å². The largest absolute Gasteiger partial charge is 0.493 e. The number of carbonyl (C=O) groups is 1. The van der Waals surface area contributed by atoms with Crippen molar-refractivity contribution in [3.8, 4) is 23.0 Å². The number of halogens is 1. The first-order valence-electron chi connectivity index (χ1n) is 9.88. The van der Waals surface area contributed by atoms with E-state index in [0.29, 0.717) is 59.0 Å². The van der Waals surface area contributed by atoms with Gasteiger partial charge in [0.2, 0.25) is 0 Å². The highest BCUT2D eigenvalue weighted by atomic mass is 35.5. The van der Waals surface area contributed by atoms with Crippen LogP contribution in [0, 0.1) is 0 Å². The zero-order chi connectivity index (χ0) is 22.6. The van der Waals surface area contributed by atoms with Crippen LogP contribution in [0.4, 0.5) is 0 Å². The lowest BCUT2D eigenvalue weighted by Crippen LogP contribution is -2.17. The fourth-order valence-corrected chi connectivity index (χ4v) is 2.85. The van der Waals surface area contributed by atoms with E-state index >= 15 is 0 Å². The SMILES string of the molecule is C=CCOc1c(Cl)cc(/C=N/NC(=O)c2ccc(OCCC)c(OC)c2)cc1OCC. The smallest absolute Gasteiger partial charge is 0.271 e. The number of hydrogen-bond donors (Lipinski definition) is 1. The standard InChI is InChI=1S/C23H27ClN2O5/c1-5-10-30-19-9-8-17(14-20(19)28-4)23(27)26-25-15-16-12-18(24)22(31-11-6-2)21(13-16)29-7-3/h6,8-9,12-15H,2,5,7,10-11H2,1,3-4H3,(H,26,27)/b25-15+. The van der Waals surface area contributed by atoms with E-state index in [9.17, 15) is 4.79 Å². The Kier molecular flexibility index (Phi) is 9.71. The maximum atomic E-state index is 12.4. The summed E-state index contributed by atoms with van der Waals surface area (Å²) >= 11 is 6.31. The summed E-state index contributed by atoms with van der Waals surface area (Å²) in [5, 5.41) is 4.38. The van der Waals surface area contributed by atoms with Gasteiger partial charge in [0.05, 0.1) is 31.6 Å². The lowest BCUT2D eigenvalue weighted by atomic mass is 10.2. The Balaban J connectivity index is 2.12. The molecule has 1 N–H and O–H groups in total. The van der Waals surface area contributed by atoms with E-state index in [1.54, 1.807) is 36.4 Å². The zero-order valence-corrected chi connectivity index (χ0v) is 18.7. The van der Waals surface area contributed by atoms with Gasteiger partial charge in [-0.1, -0.05) is 31.2 Å². The number of amides is 1. The van der Waals surface area contributed by atoms with E-state index in [4.69, 9.17) is 30.5 Å². The zero-order valence-electron chi connectivity index (χ0n) is 17.9. The van der Waals surface area contributed by atoms with Crippen LogP contribution in [0.15, 0.2) is 48.1 Å². The average Bonchev–Trinajstić information content (AvgIpc) is 2.77. The van der Waals surface area contributed by atoms with E-state index in [1.807, 2.05) is 13.8 Å². The van der Waals surface area contributed by atoms with Crippen molar-refractivity contribution in [1.82, 2.24) is 5.43 Å². The molecule has 2 aromatic carbocycles. The molecule has 0 saturated heterocycles. The van der Waals surface area contributed by atoms with Crippen LogP contribution in [0.3, 0.4) is 0 Å². The predicted octanol–water partition coefficient (Wildman–Crippen LogP) is 4.86. The molecule has 0 unspecified atom stereocenters. The Labute approximate surface area is 187 Å². The van der Waals surface area contributed by atoms with Crippen LogP contribution in [0.1, 0.15) is 36.2 Å². The van der Waals surface area contributed by atoms with Crippen molar-refractivity contribution in [2.45, 2.75) is 20.3 Å². The van der Waals surface area contributed by atoms with E-state index < -0.39 is 5.91 Å². The fraction of sp³-hybridized carbons (Fsp3) is 0.304. The number of nitrogens with zero attached hydrogens (tertiary/aromatic N) is 1. The second-order valence-corrected chi connectivity index (χ2v) is 6.68. The number of nitrogens with one attached hydrogen (secondary N) is 1. The summed E-state index contributed by atoms with van der Waals surface area (Å²) in [6, 6.07) is 8.34. The Hall–Kier alpha value is -3.19. The Bertz CT molecular complexity index is 930. The Morgan fingerprint density at radius 1 is 1.13 bits per heavy atom. The van der Waals surface area contributed by atoms with Gasteiger partial charge in [0.25, 0.3) is 5.91 Å². The normalized spacial score (nSPS) is 10.6. The minimum atomic E-state index is -0.390. The van der Waals surface area contributed by atoms with Crippen LogP contribution >= 0.6 is 11.6 Å². The molecule has 31 heavy (non-hydrogen) atoms. The van der Waals surface area contributed by atoms with Crippen LogP contribution in [0.2, 0.25) is 5.02 Å². The molecule has 166 valence electrons. The maximum Gasteiger partial charge on any atom is 0.271 e. The molecule has 0 aromatic heterocycles. The highest BCUT2D eigenvalue weighted by Gasteiger charge is 2.13. The van der Waals surface area contributed by atoms with Crippen molar-refractivity contribution < 1.29 is 23.7 Å². The molecule has 0 spiro atoms. The molecule has 0 bridgehead atoms. The molecule has 7 nitrogen and oxygen atoms in total. The molecule has 0 aliphatic heterocycles. The molecule has 0 atom stereocenters. The first kappa shape index (κ1) is 24.1. The van der Waals surface area contributed by atoms with Gasteiger partial charge >= 0.3 is 0 Å². The Morgan fingerprint density at radius 3 is 2.61 bits per heavy atom. The number of ether oxygens (including phenoxy) is 4. The van der Waals surface area contributed by atoms with Gasteiger partial charge in [-0.2, -0.15) is 5.10 Å². The van der Waals surface area contributed by atoms with Crippen LogP contribution in [-0.4, -0.2) is 39.1 Å². The summed E-state index contributed by atoms with van der Waals surface area (Å²) in [7, 11) is 1.52. The minimum Gasteiger partial charge on any atom is -0.493 e. The second kappa shape index (κ2) is 12.5. The van der Waals surface area contributed by atoms with Crippen LogP contribution < -0.4 is 24.4 Å². The maximum absolute atomic E-state index is 12.4. The van der Waals surface area contributed by atoms with Gasteiger partial charge in [-0.15, -0.1) is 0 Å². The van der Waals surface area contributed by atoms with Gasteiger partial charge in [-0.25, -0.2) is 5.43 Å². The Morgan fingerprint density at radius 2 is 1.94 bits per heavy atom. The summed E-state index contributed by atoms with van der Waals surface area (Å²) < 4.78 is 22.1. The van der Waals surface area contributed by atoms with Gasteiger partial charge in [0.1, 0.15) is 6.61 Å². The van der Waals surface area contributed by atoms with Gasteiger partial charge in [0, 0.05) is 5.56 Å². The first-order valence-corrected chi connectivity index (χ1v) is 10.3. The molecule has 0 heterocycles. The third-order valence-electron chi connectivity index (χ3n) is 3.94.